The fraction of sp³-hybridized carbons (Fsp3) is 0.516. The van der Waals surface area contributed by atoms with Crippen LogP contribution in [-0.2, 0) is 22.4 Å². The number of unbranched alkanes of at least 4 members (excludes halogenated alkanes) is 3. The van der Waals surface area contributed by atoms with Crippen molar-refractivity contribution in [2.24, 2.45) is 5.41 Å². The number of carbonyl (C=O) groups excluding carboxylic acids is 3. The Morgan fingerprint density at radius 1 is 0.649 bits per heavy atom. The number of carbonyl (C=O) groups is 3. The molecule has 0 aromatic heterocycles. The minimum Gasteiger partial charge on any atom is -0.358 e. The number of hydrogen-bond donors (Lipinski definition) is 1. The van der Waals surface area contributed by atoms with E-state index in [0.717, 1.165) is 57.9 Å². The van der Waals surface area contributed by atoms with Crippen molar-refractivity contribution in [2.45, 2.75) is 77.6 Å². The van der Waals surface area contributed by atoms with Gasteiger partial charge in [-0.05, 0) is 68.9 Å². The third-order valence-corrected chi connectivity index (χ3v) is 7.46. The van der Waals surface area contributed by atoms with E-state index in [9.17, 15) is 14.4 Å². The normalized spacial score (nSPS) is 15.5. The molecule has 1 aliphatic heterocycles. The Hall–Kier alpha value is -2.99. The third kappa shape index (κ3) is 7.51. The summed E-state index contributed by atoms with van der Waals surface area (Å²) in [5.74, 6) is -0.576. The molecule has 0 bridgehead atoms. The SMILES string of the molecule is CCCCCN1C(=O)N(CCCC[NH3+])C(=O)C(CCCc2ccccc2)(CCCc2ccccc2)C1=O. The number of imide groups is 2. The zero-order valence-electron chi connectivity index (χ0n) is 22.5. The van der Waals surface area contributed by atoms with Gasteiger partial charge >= 0.3 is 6.03 Å². The van der Waals surface area contributed by atoms with Crippen molar-refractivity contribution < 1.29 is 20.1 Å². The second kappa shape index (κ2) is 14.7. The summed E-state index contributed by atoms with van der Waals surface area (Å²) in [7, 11) is 0. The minimum absolute atomic E-state index is 0.284. The zero-order chi connectivity index (χ0) is 26.5. The summed E-state index contributed by atoms with van der Waals surface area (Å²) in [5, 5.41) is 0. The van der Waals surface area contributed by atoms with Crippen LogP contribution in [0.1, 0.15) is 75.8 Å². The lowest BCUT2D eigenvalue weighted by molar-refractivity contribution is -0.368. The lowest BCUT2D eigenvalue weighted by Crippen LogP contribution is -2.65. The van der Waals surface area contributed by atoms with Gasteiger partial charge in [-0.3, -0.25) is 19.4 Å². The van der Waals surface area contributed by atoms with Gasteiger partial charge in [0.05, 0.1) is 6.54 Å². The van der Waals surface area contributed by atoms with Crippen LogP contribution in [0.4, 0.5) is 4.79 Å². The predicted octanol–water partition coefficient (Wildman–Crippen LogP) is 5.02. The maximum Gasteiger partial charge on any atom is 0.333 e. The van der Waals surface area contributed by atoms with Crippen LogP contribution in [0, 0.1) is 5.41 Å². The molecule has 0 spiro atoms. The predicted molar refractivity (Wildman–Crippen MR) is 147 cm³/mol. The summed E-state index contributed by atoms with van der Waals surface area (Å²) in [6, 6.07) is 19.9. The van der Waals surface area contributed by atoms with Crippen molar-refractivity contribution in [1.29, 1.82) is 0 Å². The van der Waals surface area contributed by atoms with Crippen LogP contribution in [0.5, 0.6) is 0 Å². The number of benzene rings is 2. The maximum absolute atomic E-state index is 14.1. The Labute approximate surface area is 222 Å². The van der Waals surface area contributed by atoms with Gasteiger partial charge in [0.15, 0.2) is 0 Å². The molecule has 3 N–H and O–H groups in total. The molecule has 37 heavy (non-hydrogen) atoms. The highest BCUT2D eigenvalue weighted by Gasteiger charge is 2.55. The number of hydrogen-bond acceptors (Lipinski definition) is 3. The number of quaternary nitrogens is 1. The van der Waals surface area contributed by atoms with Crippen LogP contribution in [0.2, 0.25) is 0 Å². The molecular weight excluding hydrogens is 462 g/mol. The summed E-state index contributed by atoms with van der Waals surface area (Å²) >= 11 is 0. The van der Waals surface area contributed by atoms with Crippen molar-refractivity contribution >= 4 is 17.8 Å². The number of nitrogens with zero attached hydrogens (tertiary/aromatic N) is 2. The van der Waals surface area contributed by atoms with Gasteiger partial charge in [-0.25, -0.2) is 4.79 Å². The Kier molecular flexibility index (Phi) is 11.3. The first kappa shape index (κ1) is 28.6. The molecular formula is C31H44N3O3+. The molecule has 2 aromatic rings. The van der Waals surface area contributed by atoms with Gasteiger partial charge in [0.2, 0.25) is 11.8 Å². The molecule has 0 radical (unpaired) electrons. The van der Waals surface area contributed by atoms with Gasteiger partial charge in [0.1, 0.15) is 5.41 Å². The number of amides is 4. The quantitative estimate of drug-likeness (QED) is 0.256. The van der Waals surface area contributed by atoms with Crippen LogP contribution >= 0.6 is 0 Å². The fourth-order valence-corrected chi connectivity index (χ4v) is 5.32. The second-order valence-corrected chi connectivity index (χ2v) is 10.2. The summed E-state index contributed by atoms with van der Waals surface area (Å²) in [5.41, 5.74) is 5.10. The molecule has 1 aliphatic rings. The van der Waals surface area contributed by atoms with Crippen molar-refractivity contribution in [3.05, 3.63) is 71.8 Å². The first-order valence-electron chi connectivity index (χ1n) is 14.1. The molecule has 6 nitrogen and oxygen atoms in total. The molecule has 1 saturated heterocycles. The van der Waals surface area contributed by atoms with Gasteiger partial charge in [-0.1, -0.05) is 80.4 Å². The molecule has 2 aromatic carbocycles. The van der Waals surface area contributed by atoms with E-state index in [1.807, 2.05) is 36.4 Å². The average molecular weight is 507 g/mol. The molecule has 1 heterocycles. The Morgan fingerprint density at radius 2 is 1.11 bits per heavy atom. The lowest BCUT2D eigenvalue weighted by Gasteiger charge is -2.44. The summed E-state index contributed by atoms with van der Waals surface area (Å²) in [6.45, 7) is 3.59. The molecule has 0 aliphatic carbocycles. The highest BCUT2D eigenvalue weighted by Crippen LogP contribution is 2.39. The summed E-state index contributed by atoms with van der Waals surface area (Å²) in [6.07, 6.45) is 8.21. The van der Waals surface area contributed by atoms with Gasteiger partial charge in [0, 0.05) is 13.1 Å². The van der Waals surface area contributed by atoms with E-state index in [4.69, 9.17) is 0 Å². The van der Waals surface area contributed by atoms with Gasteiger partial charge in [-0.2, -0.15) is 0 Å². The lowest BCUT2D eigenvalue weighted by atomic mass is 9.73. The maximum atomic E-state index is 14.1. The van der Waals surface area contributed by atoms with Gasteiger partial charge in [-0.15, -0.1) is 0 Å². The van der Waals surface area contributed by atoms with Crippen LogP contribution in [0.3, 0.4) is 0 Å². The van der Waals surface area contributed by atoms with E-state index >= 15 is 0 Å². The van der Waals surface area contributed by atoms with E-state index in [0.29, 0.717) is 32.4 Å². The number of barbiturate groups is 1. The molecule has 1 fully saturated rings. The molecule has 0 unspecified atom stereocenters. The summed E-state index contributed by atoms with van der Waals surface area (Å²) < 4.78 is 0. The van der Waals surface area contributed by atoms with E-state index in [-0.39, 0.29) is 11.8 Å². The number of urea groups is 1. The first-order chi connectivity index (χ1) is 18.0. The van der Waals surface area contributed by atoms with Crippen LogP contribution in [-0.4, -0.2) is 47.3 Å². The molecule has 4 amide bonds. The Morgan fingerprint density at radius 3 is 1.54 bits per heavy atom. The number of aryl methyl sites for hydroxylation is 2. The van der Waals surface area contributed by atoms with E-state index in [2.05, 4.69) is 36.9 Å². The first-order valence-corrected chi connectivity index (χ1v) is 14.1. The molecule has 3 rings (SSSR count). The molecule has 200 valence electrons. The van der Waals surface area contributed by atoms with Crippen LogP contribution in [0.15, 0.2) is 60.7 Å². The van der Waals surface area contributed by atoms with E-state index in [1.165, 1.54) is 20.9 Å². The smallest absolute Gasteiger partial charge is 0.333 e. The highest BCUT2D eigenvalue weighted by atomic mass is 16.2. The minimum atomic E-state index is -1.19. The van der Waals surface area contributed by atoms with Crippen molar-refractivity contribution in [3.63, 3.8) is 0 Å². The highest BCUT2D eigenvalue weighted by molar-refractivity contribution is 6.19. The zero-order valence-corrected chi connectivity index (χ0v) is 22.5. The second-order valence-electron chi connectivity index (χ2n) is 10.2. The fourth-order valence-electron chi connectivity index (χ4n) is 5.32. The molecule has 6 heteroatoms. The topological polar surface area (TPSA) is 85.3 Å². The van der Waals surface area contributed by atoms with E-state index in [1.54, 1.807) is 0 Å². The van der Waals surface area contributed by atoms with Gasteiger partial charge in [0.25, 0.3) is 0 Å². The van der Waals surface area contributed by atoms with Crippen LogP contribution < -0.4 is 5.73 Å². The average Bonchev–Trinajstić information content (AvgIpc) is 2.92. The van der Waals surface area contributed by atoms with Crippen molar-refractivity contribution in [3.8, 4) is 0 Å². The number of rotatable bonds is 16. The standard InChI is InChI=1S/C31H43N3O3/c1-2-3-11-24-33-28(35)31(21-13-19-26-15-6-4-7-16-26,22-14-20-27-17-8-5-9-18-27)29(36)34(30(33)37)25-12-10-23-32/h4-9,15-18H,2-3,10-14,19-25,32H2,1H3/p+1. The van der Waals surface area contributed by atoms with Gasteiger partial charge < -0.3 is 5.73 Å². The third-order valence-electron chi connectivity index (χ3n) is 7.46. The monoisotopic (exact) mass is 506 g/mol. The molecule has 0 saturated carbocycles. The summed E-state index contributed by atoms with van der Waals surface area (Å²) in [4.78, 5) is 44.3. The van der Waals surface area contributed by atoms with Crippen molar-refractivity contribution in [1.82, 2.24) is 9.80 Å². The van der Waals surface area contributed by atoms with Crippen molar-refractivity contribution in [2.75, 3.05) is 19.6 Å². The van der Waals surface area contributed by atoms with Crippen LogP contribution in [0.25, 0.3) is 0 Å². The van der Waals surface area contributed by atoms with E-state index < -0.39 is 11.4 Å². The largest absolute Gasteiger partial charge is 0.358 e. The Balaban J connectivity index is 1.87. The molecule has 0 atom stereocenters. The Bertz CT molecular complexity index is 914.